The zero-order valence-electron chi connectivity index (χ0n) is 11.5. The average Bonchev–Trinajstić information content (AvgIpc) is 2.70. The molecule has 2 N–H and O–H groups in total. The van der Waals surface area contributed by atoms with E-state index in [1.807, 2.05) is 13.8 Å². The lowest BCUT2D eigenvalue weighted by atomic mass is 9.98. The van der Waals surface area contributed by atoms with Crippen LogP contribution in [0.5, 0.6) is 0 Å². The molecule has 1 aromatic carbocycles. The normalized spacial score (nSPS) is 12.1. The number of hydrogen-bond donors (Lipinski definition) is 1. The van der Waals surface area contributed by atoms with Gasteiger partial charge in [-0.1, -0.05) is 34.9 Å². The van der Waals surface area contributed by atoms with Crippen molar-refractivity contribution in [3.05, 3.63) is 33.8 Å². The molecule has 0 aliphatic carbocycles. The lowest BCUT2D eigenvalue weighted by molar-refractivity contribution is -0.137. The van der Waals surface area contributed by atoms with Crippen LogP contribution in [0.2, 0.25) is 0 Å². The maximum atomic E-state index is 12.8. The number of nitrogen functional groups attached to an aromatic ring is 1. The maximum absolute atomic E-state index is 12.8. The van der Waals surface area contributed by atoms with Crippen LogP contribution in [0.15, 0.2) is 27.2 Å². The number of rotatable bonds is 3. The third-order valence-corrected chi connectivity index (χ3v) is 3.67. The summed E-state index contributed by atoms with van der Waals surface area (Å²) in [4.78, 5) is 0. The number of nitrogens with zero attached hydrogens (tertiary/aromatic N) is 1. The maximum Gasteiger partial charge on any atom is 0.416 e. The van der Waals surface area contributed by atoms with Crippen molar-refractivity contribution in [1.29, 1.82) is 0 Å². The Hall–Kier alpha value is -1.50. The summed E-state index contributed by atoms with van der Waals surface area (Å²) in [5.74, 6) is 0.415. The third-order valence-electron chi connectivity index (χ3n) is 2.98. The number of benzene rings is 1. The Morgan fingerprint density at radius 2 is 2.00 bits per heavy atom. The topological polar surface area (TPSA) is 52.0 Å². The van der Waals surface area contributed by atoms with E-state index in [0.717, 1.165) is 12.1 Å². The molecule has 2 aromatic rings. The van der Waals surface area contributed by atoms with Gasteiger partial charge in [-0.3, -0.25) is 0 Å². The minimum absolute atomic E-state index is 0.142. The van der Waals surface area contributed by atoms with Crippen molar-refractivity contribution in [2.45, 2.75) is 26.4 Å². The first kappa shape index (κ1) is 15.9. The van der Waals surface area contributed by atoms with Gasteiger partial charge in [0.05, 0.1) is 5.56 Å². The second kappa shape index (κ2) is 5.71. The first-order valence-corrected chi connectivity index (χ1v) is 7.10. The summed E-state index contributed by atoms with van der Waals surface area (Å²) in [6.07, 6.45) is -3.84. The quantitative estimate of drug-likeness (QED) is 0.844. The minimum Gasteiger partial charge on any atom is -0.367 e. The first-order valence-electron chi connectivity index (χ1n) is 6.31. The summed E-state index contributed by atoms with van der Waals surface area (Å²) in [6, 6.07) is 3.41. The van der Waals surface area contributed by atoms with Crippen LogP contribution in [0.1, 0.15) is 25.0 Å². The molecule has 0 unspecified atom stereocenters. The SMILES string of the molecule is CC(C)Cc1c(-c2cc(C(F)(F)F)ccc2Br)noc1N. The van der Waals surface area contributed by atoms with Crippen molar-refractivity contribution in [1.82, 2.24) is 5.16 Å². The van der Waals surface area contributed by atoms with Crippen molar-refractivity contribution in [3.8, 4) is 11.3 Å². The van der Waals surface area contributed by atoms with Crippen LogP contribution < -0.4 is 5.73 Å². The van der Waals surface area contributed by atoms with Gasteiger partial charge in [0.15, 0.2) is 0 Å². The summed E-state index contributed by atoms with van der Waals surface area (Å²) in [6.45, 7) is 3.97. The average molecular weight is 363 g/mol. The molecule has 0 aliphatic heterocycles. The smallest absolute Gasteiger partial charge is 0.367 e. The van der Waals surface area contributed by atoms with Gasteiger partial charge in [-0.2, -0.15) is 13.2 Å². The van der Waals surface area contributed by atoms with E-state index in [2.05, 4.69) is 21.1 Å². The Morgan fingerprint density at radius 1 is 1.33 bits per heavy atom. The summed E-state index contributed by atoms with van der Waals surface area (Å²) in [5, 5.41) is 3.83. The predicted molar refractivity (Wildman–Crippen MR) is 77.6 cm³/mol. The summed E-state index contributed by atoms with van der Waals surface area (Å²) < 4.78 is 44.0. The van der Waals surface area contributed by atoms with Crippen molar-refractivity contribution >= 4 is 21.8 Å². The molecule has 0 atom stereocenters. The van der Waals surface area contributed by atoms with Crippen LogP contribution in [0, 0.1) is 5.92 Å². The highest BCUT2D eigenvalue weighted by molar-refractivity contribution is 9.10. The van der Waals surface area contributed by atoms with E-state index >= 15 is 0 Å². The Balaban J connectivity index is 2.57. The van der Waals surface area contributed by atoms with Gasteiger partial charge in [0.2, 0.25) is 5.88 Å². The van der Waals surface area contributed by atoms with Crippen LogP contribution in [-0.2, 0) is 12.6 Å². The van der Waals surface area contributed by atoms with Crippen LogP contribution in [0.4, 0.5) is 19.1 Å². The molecule has 0 bridgehead atoms. The Bertz CT molecular complexity index is 650. The molecular weight excluding hydrogens is 349 g/mol. The van der Waals surface area contributed by atoms with E-state index in [1.165, 1.54) is 6.07 Å². The molecule has 0 spiro atoms. The second-order valence-corrected chi connectivity index (χ2v) is 6.02. The fourth-order valence-electron chi connectivity index (χ4n) is 2.02. The molecule has 0 amide bonds. The molecule has 0 aliphatic rings. The standard InChI is InChI=1S/C14H14BrF3N2O/c1-7(2)5-10-12(20-21-13(10)19)9-6-8(14(16,17)18)3-4-11(9)15/h3-4,6-7H,5,19H2,1-2H3. The molecule has 1 aromatic heterocycles. The van der Waals surface area contributed by atoms with Gasteiger partial charge in [0, 0.05) is 15.6 Å². The fourth-order valence-corrected chi connectivity index (χ4v) is 2.46. The monoisotopic (exact) mass is 362 g/mol. The Labute approximate surface area is 128 Å². The van der Waals surface area contributed by atoms with Gasteiger partial charge >= 0.3 is 6.18 Å². The van der Waals surface area contributed by atoms with Gasteiger partial charge < -0.3 is 10.3 Å². The van der Waals surface area contributed by atoms with Gasteiger partial charge in [-0.15, -0.1) is 0 Å². The molecular formula is C14H14BrF3N2O. The number of alkyl halides is 3. The molecule has 1 heterocycles. The molecule has 0 saturated carbocycles. The fraction of sp³-hybridized carbons (Fsp3) is 0.357. The summed E-state index contributed by atoms with van der Waals surface area (Å²) in [5.41, 5.74) is 6.29. The zero-order valence-corrected chi connectivity index (χ0v) is 13.0. The molecule has 0 saturated heterocycles. The van der Waals surface area contributed by atoms with E-state index in [0.29, 0.717) is 27.7 Å². The number of anilines is 1. The van der Waals surface area contributed by atoms with E-state index in [-0.39, 0.29) is 11.8 Å². The van der Waals surface area contributed by atoms with Crippen molar-refractivity contribution < 1.29 is 17.7 Å². The molecule has 0 fully saturated rings. The predicted octanol–water partition coefficient (Wildman–Crippen LogP) is 4.90. The Morgan fingerprint density at radius 3 is 2.57 bits per heavy atom. The summed E-state index contributed by atoms with van der Waals surface area (Å²) >= 11 is 3.25. The van der Waals surface area contributed by atoms with Gasteiger partial charge in [0.1, 0.15) is 5.69 Å². The van der Waals surface area contributed by atoms with Crippen molar-refractivity contribution in [2.75, 3.05) is 5.73 Å². The van der Waals surface area contributed by atoms with Gasteiger partial charge in [-0.25, -0.2) is 0 Å². The second-order valence-electron chi connectivity index (χ2n) is 5.16. The van der Waals surface area contributed by atoms with Crippen LogP contribution in [0.3, 0.4) is 0 Å². The van der Waals surface area contributed by atoms with E-state index < -0.39 is 11.7 Å². The summed E-state index contributed by atoms with van der Waals surface area (Å²) in [7, 11) is 0. The lowest BCUT2D eigenvalue weighted by Crippen LogP contribution is -2.05. The zero-order chi connectivity index (χ0) is 15.8. The highest BCUT2D eigenvalue weighted by Gasteiger charge is 2.31. The van der Waals surface area contributed by atoms with E-state index in [9.17, 15) is 13.2 Å². The van der Waals surface area contributed by atoms with Crippen molar-refractivity contribution in [3.63, 3.8) is 0 Å². The first-order chi connectivity index (χ1) is 9.70. The third kappa shape index (κ3) is 3.40. The number of hydrogen-bond acceptors (Lipinski definition) is 3. The molecule has 2 rings (SSSR count). The molecule has 0 radical (unpaired) electrons. The number of aromatic nitrogens is 1. The van der Waals surface area contributed by atoms with E-state index in [4.69, 9.17) is 10.3 Å². The van der Waals surface area contributed by atoms with Crippen LogP contribution >= 0.6 is 15.9 Å². The largest absolute Gasteiger partial charge is 0.416 e. The van der Waals surface area contributed by atoms with Gasteiger partial charge in [-0.05, 0) is 30.5 Å². The molecule has 114 valence electrons. The van der Waals surface area contributed by atoms with Crippen LogP contribution in [-0.4, -0.2) is 5.16 Å². The van der Waals surface area contributed by atoms with E-state index in [1.54, 1.807) is 0 Å². The number of nitrogens with two attached hydrogens (primary N) is 1. The van der Waals surface area contributed by atoms with Crippen LogP contribution in [0.25, 0.3) is 11.3 Å². The molecule has 3 nitrogen and oxygen atoms in total. The van der Waals surface area contributed by atoms with Gasteiger partial charge in [0.25, 0.3) is 0 Å². The molecule has 7 heteroatoms. The minimum atomic E-state index is -4.41. The highest BCUT2D eigenvalue weighted by Crippen LogP contribution is 2.38. The highest BCUT2D eigenvalue weighted by atomic mass is 79.9. The lowest BCUT2D eigenvalue weighted by Gasteiger charge is -2.11. The Kier molecular flexibility index (Phi) is 4.32. The van der Waals surface area contributed by atoms with Crippen molar-refractivity contribution in [2.24, 2.45) is 5.92 Å². The molecule has 21 heavy (non-hydrogen) atoms. The number of halogens is 4.